The summed E-state index contributed by atoms with van der Waals surface area (Å²) in [7, 11) is 0. The molecule has 0 fully saturated rings. The van der Waals surface area contributed by atoms with Gasteiger partial charge in [-0.25, -0.2) is 0 Å². The summed E-state index contributed by atoms with van der Waals surface area (Å²) < 4.78 is 0. The standard InChI is InChI=1S/C20H26N6/c1-3-5-6-13-10-19(14-7-8-18-15(9-14)11-22-23-18)21-12-16(13)20-17(4-2)24-26-25-20/h4,7-12,15,17-21,23H,2-3,5-6H2,1H3,(H,24,25). The molecule has 6 heteroatoms. The van der Waals surface area contributed by atoms with Gasteiger partial charge in [-0.3, -0.25) is 5.43 Å². The maximum atomic E-state index is 4.39. The first kappa shape index (κ1) is 16.8. The quantitative estimate of drug-likeness (QED) is 0.645. The Morgan fingerprint density at radius 1 is 1.27 bits per heavy atom. The highest BCUT2D eigenvalue weighted by Crippen LogP contribution is 2.31. The monoisotopic (exact) mass is 350 g/mol. The van der Waals surface area contributed by atoms with Crippen molar-refractivity contribution in [2.75, 3.05) is 0 Å². The Kier molecular flexibility index (Phi) is 4.73. The lowest BCUT2D eigenvalue weighted by Gasteiger charge is -2.29. The highest BCUT2D eigenvalue weighted by atomic mass is 15.5. The van der Waals surface area contributed by atoms with E-state index < -0.39 is 0 Å². The third-order valence-corrected chi connectivity index (χ3v) is 5.38. The second-order valence-electron chi connectivity index (χ2n) is 7.13. The van der Waals surface area contributed by atoms with Crippen LogP contribution in [0.4, 0.5) is 0 Å². The fraction of sp³-hybridized carbons (Fsp3) is 0.450. The maximum absolute atomic E-state index is 4.39. The normalized spacial score (nSPS) is 34.2. The van der Waals surface area contributed by atoms with Crippen LogP contribution >= 0.6 is 0 Å². The molecular formula is C20H26N6. The van der Waals surface area contributed by atoms with Gasteiger partial charge in [0.1, 0.15) is 6.04 Å². The molecular weight excluding hydrogens is 324 g/mol. The molecule has 4 rings (SSSR count). The van der Waals surface area contributed by atoms with E-state index >= 15 is 0 Å². The summed E-state index contributed by atoms with van der Waals surface area (Å²) >= 11 is 0. The molecule has 0 bridgehead atoms. The van der Waals surface area contributed by atoms with Crippen molar-refractivity contribution in [2.24, 2.45) is 21.4 Å². The van der Waals surface area contributed by atoms with Gasteiger partial charge in [0.25, 0.3) is 0 Å². The molecule has 0 aromatic carbocycles. The Balaban J connectivity index is 1.57. The molecule has 0 saturated heterocycles. The number of fused-ring (bicyclic) bond motifs is 1. The van der Waals surface area contributed by atoms with Crippen molar-refractivity contribution in [1.29, 1.82) is 0 Å². The van der Waals surface area contributed by atoms with Gasteiger partial charge in [0, 0.05) is 18.3 Å². The van der Waals surface area contributed by atoms with E-state index in [0.717, 1.165) is 6.42 Å². The van der Waals surface area contributed by atoms with Crippen molar-refractivity contribution in [3.63, 3.8) is 0 Å². The first-order chi connectivity index (χ1) is 12.8. The Morgan fingerprint density at radius 2 is 2.19 bits per heavy atom. The summed E-state index contributed by atoms with van der Waals surface area (Å²) in [5.74, 6) is 0.340. The summed E-state index contributed by atoms with van der Waals surface area (Å²) in [6.45, 7) is 6.13. The van der Waals surface area contributed by atoms with E-state index in [1.807, 2.05) is 12.3 Å². The van der Waals surface area contributed by atoms with Crippen LogP contribution in [0.5, 0.6) is 0 Å². The van der Waals surface area contributed by atoms with Crippen LogP contribution < -0.4 is 16.2 Å². The third kappa shape index (κ3) is 3.11. The number of nitrogens with one attached hydrogen (secondary N) is 3. The van der Waals surface area contributed by atoms with Crippen LogP contribution in [0.3, 0.4) is 0 Å². The van der Waals surface area contributed by atoms with E-state index in [1.54, 1.807) is 0 Å². The van der Waals surface area contributed by atoms with Crippen molar-refractivity contribution >= 4 is 6.21 Å². The van der Waals surface area contributed by atoms with Crippen LogP contribution in [0, 0.1) is 5.92 Å². The molecule has 3 aliphatic heterocycles. The van der Waals surface area contributed by atoms with Crippen LogP contribution in [0.2, 0.25) is 0 Å². The van der Waals surface area contributed by atoms with Gasteiger partial charge >= 0.3 is 0 Å². The molecule has 6 nitrogen and oxygen atoms in total. The second-order valence-corrected chi connectivity index (χ2v) is 7.13. The fourth-order valence-electron chi connectivity index (χ4n) is 3.83. The molecule has 26 heavy (non-hydrogen) atoms. The summed E-state index contributed by atoms with van der Waals surface area (Å²) in [5.41, 5.74) is 10.0. The SMILES string of the molecule is C=CC1NN=NC1C1=CNC(C2=CC3C=NNC3C=C2)C=C1CCCC. The van der Waals surface area contributed by atoms with Gasteiger partial charge in [-0.05, 0) is 29.6 Å². The predicted octanol–water partition coefficient (Wildman–Crippen LogP) is 2.92. The summed E-state index contributed by atoms with van der Waals surface area (Å²) in [6, 6.07) is 0.538. The summed E-state index contributed by atoms with van der Waals surface area (Å²) in [5, 5.41) is 16.2. The summed E-state index contributed by atoms with van der Waals surface area (Å²) in [4.78, 5) is 0. The van der Waals surface area contributed by atoms with E-state index in [-0.39, 0.29) is 18.1 Å². The highest BCUT2D eigenvalue weighted by Gasteiger charge is 2.32. The number of hydrogen-bond acceptors (Lipinski definition) is 6. The minimum Gasteiger partial charge on any atom is -0.380 e. The van der Waals surface area contributed by atoms with Crippen molar-refractivity contribution in [2.45, 2.75) is 50.4 Å². The van der Waals surface area contributed by atoms with Crippen LogP contribution in [-0.4, -0.2) is 30.4 Å². The van der Waals surface area contributed by atoms with E-state index in [0.29, 0.717) is 12.0 Å². The van der Waals surface area contributed by atoms with Crippen molar-refractivity contribution in [1.82, 2.24) is 16.2 Å². The number of dihydropyridines is 1. The van der Waals surface area contributed by atoms with Gasteiger partial charge in [0.2, 0.25) is 0 Å². The smallest absolute Gasteiger partial charge is 0.125 e. The zero-order chi connectivity index (χ0) is 17.9. The van der Waals surface area contributed by atoms with Gasteiger partial charge in [0.05, 0.1) is 18.1 Å². The van der Waals surface area contributed by atoms with Gasteiger partial charge in [-0.15, -0.1) is 6.58 Å². The Hall–Kier alpha value is -2.63. The van der Waals surface area contributed by atoms with Gasteiger partial charge in [0.15, 0.2) is 0 Å². The van der Waals surface area contributed by atoms with Crippen molar-refractivity contribution in [3.05, 3.63) is 59.9 Å². The lowest BCUT2D eigenvalue weighted by molar-refractivity contribution is 0.607. The fourth-order valence-corrected chi connectivity index (χ4v) is 3.83. The third-order valence-electron chi connectivity index (χ3n) is 5.38. The topological polar surface area (TPSA) is 73.2 Å². The van der Waals surface area contributed by atoms with E-state index in [1.165, 1.54) is 29.6 Å². The highest BCUT2D eigenvalue weighted by molar-refractivity contribution is 5.69. The van der Waals surface area contributed by atoms with Gasteiger partial charge < -0.3 is 10.7 Å². The Morgan fingerprint density at radius 3 is 3.04 bits per heavy atom. The number of rotatable bonds is 6. The first-order valence-corrected chi connectivity index (χ1v) is 9.44. The molecule has 0 amide bonds. The molecule has 0 aromatic heterocycles. The minimum absolute atomic E-state index is 0.00419. The molecule has 1 aliphatic carbocycles. The van der Waals surface area contributed by atoms with Crippen LogP contribution in [0.1, 0.15) is 26.2 Å². The molecule has 136 valence electrons. The predicted molar refractivity (Wildman–Crippen MR) is 105 cm³/mol. The van der Waals surface area contributed by atoms with E-state index in [4.69, 9.17) is 0 Å². The lowest BCUT2D eigenvalue weighted by atomic mass is 9.85. The molecule has 0 spiro atoms. The number of nitrogens with zero attached hydrogens (tertiary/aromatic N) is 3. The van der Waals surface area contributed by atoms with Crippen LogP contribution in [-0.2, 0) is 0 Å². The molecule has 5 atom stereocenters. The van der Waals surface area contributed by atoms with Gasteiger partial charge in [-0.2, -0.15) is 10.2 Å². The van der Waals surface area contributed by atoms with Crippen molar-refractivity contribution < 1.29 is 0 Å². The molecule has 3 N–H and O–H groups in total. The zero-order valence-corrected chi connectivity index (χ0v) is 15.1. The number of unbranched alkanes of at least 4 members (excludes halogenated alkanes) is 1. The maximum Gasteiger partial charge on any atom is 0.125 e. The zero-order valence-electron chi connectivity index (χ0n) is 15.1. The molecule has 0 radical (unpaired) electrons. The molecule has 5 unspecified atom stereocenters. The average molecular weight is 350 g/mol. The van der Waals surface area contributed by atoms with Crippen molar-refractivity contribution in [3.8, 4) is 0 Å². The number of hydrazone groups is 1. The summed E-state index contributed by atoms with van der Waals surface area (Å²) in [6.07, 6.45) is 18.5. The number of hydrogen-bond donors (Lipinski definition) is 3. The van der Waals surface area contributed by atoms with E-state index in [2.05, 4.69) is 75.6 Å². The Labute approximate surface area is 154 Å². The molecule has 0 saturated carbocycles. The largest absolute Gasteiger partial charge is 0.380 e. The van der Waals surface area contributed by atoms with Gasteiger partial charge in [-0.1, -0.05) is 48.9 Å². The molecule has 4 aliphatic rings. The molecule has 0 aromatic rings. The minimum atomic E-state index is -0.00419. The lowest BCUT2D eigenvalue weighted by Crippen LogP contribution is -2.36. The first-order valence-electron chi connectivity index (χ1n) is 9.44. The second kappa shape index (κ2) is 7.32. The van der Waals surface area contributed by atoms with Crippen LogP contribution in [0.15, 0.2) is 75.3 Å². The van der Waals surface area contributed by atoms with Crippen LogP contribution in [0.25, 0.3) is 0 Å². The average Bonchev–Trinajstić information content (AvgIpc) is 3.34. The Bertz CT molecular complexity index is 741. The molecule has 3 heterocycles. The van der Waals surface area contributed by atoms with E-state index in [9.17, 15) is 0 Å².